The Kier molecular flexibility index (Phi) is 5.87. The second-order valence-corrected chi connectivity index (χ2v) is 6.16. The average Bonchev–Trinajstić information content (AvgIpc) is 2.24. The van der Waals surface area contributed by atoms with Gasteiger partial charge in [-0.2, -0.15) is 0 Å². The number of nitrogens with two attached hydrogens (primary N) is 1. The third-order valence-electron chi connectivity index (χ3n) is 3.59. The lowest BCUT2D eigenvalue weighted by atomic mass is 9.92. The summed E-state index contributed by atoms with van der Waals surface area (Å²) in [6.07, 6.45) is 4.66. The summed E-state index contributed by atoms with van der Waals surface area (Å²) in [5.41, 5.74) is 11.7. The zero-order valence-electron chi connectivity index (χ0n) is 12.7. The van der Waals surface area contributed by atoms with Crippen LogP contribution in [0, 0.1) is 19.8 Å². The maximum Gasteiger partial charge on any atom is 0.00105 e. The summed E-state index contributed by atoms with van der Waals surface area (Å²) in [5.74, 6) is 0.724. The number of benzene rings is 1. The molecule has 1 rings (SSSR count). The first-order valence-electron chi connectivity index (χ1n) is 7.24. The van der Waals surface area contributed by atoms with E-state index in [0.29, 0.717) is 6.04 Å². The Morgan fingerprint density at radius 3 is 2.33 bits per heavy atom. The number of hydrogen-bond acceptors (Lipinski definition) is 1. The van der Waals surface area contributed by atoms with E-state index in [1.54, 1.807) is 0 Å². The summed E-state index contributed by atoms with van der Waals surface area (Å²) in [6.45, 7) is 11.1. The summed E-state index contributed by atoms with van der Waals surface area (Å²) in [6, 6.07) is 5.08. The highest BCUT2D eigenvalue weighted by molar-refractivity contribution is 5.38. The molecular weight excluding hydrogens is 218 g/mol. The molecule has 0 aliphatic rings. The molecular formula is C17H29N. The fraction of sp³-hybridized carbons (Fsp3) is 0.647. The minimum Gasteiger partial charge on any atom is -0.328 e. The molecule has 1 aromatic carbocycles. The van der Waals surface area contributed by atoms with Gasteiger partial charge in [-0.1, -0.05) is 26.0 Å². The topological polar surface area (TPSA) is 26.0 Å². The number of aryl methyl sites for hydroxylation is 2. The molecule has 1 heteroatoms. The van der Waals surface area contributed by atoms with E-state index in [4.69, 9.17) is 5.73 Å². The van der Waals surface area contributed by atoms with E-state index in [1.807, 2.05) is 0 Å². The van der Waals surface area contributed by atoms with Crippen molar-refractivity contribution in [2.24, 2.45) is 11.7 Å². The van der Waals surface area contributed by atoms with Crippen molar-refractivity contribution in [3.05, 3.63) is 34.4 Å². The molecule has 0 bridgehead atoms. The van der Waals surface area contributed by atoms with Crippen molar-refractivity contribution in [2.45, 2.75) is 66.3 Å². The highest BCUT2D eigenvalue weighted by Gasteiger charge is 2.07. The van der Waals surface area contributed by atoms with Gasteiger partial charge in [0.15, 0.2) is 0 Å². The molecule has 0 unspecified atom stereocenters. The molecule has 0 aliphatic carbocycles. The summed E-state index contributed by atoms with van der Waals surface area (Å²) in [7, 11) is 0. The van der Waals surface area contributed by atoms with Gasteiger partial charge in [0, 0.05) is 6.04 Å². The standard InChI is InChI=1S/C17H29N/c1-12(2)9-17-11-16(8-6-7-14(4)18)10-13(3)15(17)5/h10-12,14H,6-9,18H2,1-5H3/t14-/m0/s1. The van der Waals surface area contributed by atoms with Crippen LogP contribution >= 0.6 is 0 Å². The molecule has 0 saturated carbocycles. The zero-order chi connectivity index (χ0) is 13.7. The Hall–Kier alpha value is -0.820. The van der Waals surface area contributed by atoms with Gasteiger partial charge in [-0.3, -0.25) is 0 Å². The van der Waals surface area contributed by atoms with Crippen LogP contribution in [0.1, 0.15) is 55.9 Å². The van der Waals surface area contributed by atoms with Crippen molar-refractivity contribution in [1.29, 1.82) is 0 Å². The molecule has 2 N–H and O–H groups in total. The van der Waals surface area contributed by atoms with E-state index in [1.165, 1.54) is 35.1 Å². The first kappa shape index (κ1) is 15.2. The van der Waals surface area contributed by atoms with Crippen molar-refractivity contribution in [3.63, 3.8) is 0 Å². The van der Waals surface area contributed by atoms with E-state index in [9.17, 15) is 0 Å². The van der Waals surface area contributed by atoms with Crippen LogP contribution in [0.4, 0.5) is 0 Å². The molecule has 0 fully saturated rings. The fourth-order valence-corrected chi connectivity index (χ4v) is 2.44. The second-order valence-electron chi connectivity index (χ2n) is 6.16. The summed E-state index contributed by atoms with van der Waals surface area (Å²) in [4.78, 5) is 0. The quantitative estimate of drug-likeness (QED) is 0.802. The molecule has 0 aliphatic heterocycles. The van der Waals surface area contributed by atoms with E-state index in [-0.39, 0.29) is 0 Å². The van der Waals surface area contributed by atoms with Crippen LogP contribution in [0.5, 0.6) is 0 Å². The Balaban J connectivity index is 2.77. The summed E-state index contributed by atoms with van der Waals surface area (Å²) < 4.78 is 0. The van der Waals surface area contributed by atoms with E-state index in [0.717, 1.165) is 18.8 Å². The van der Waals surface area contributed by atoms with Gasteiger partial charge in [-0.15, -0.1) is 0 Å². The monoisotopic (exact) mass is 247 g/mol. The van der Waals surface area contributed by atoms with Crippen LogP contribution in [-0.4, -0.2) is 6.04 Å². The van der Waals surface area contributed by atoms with Gasteiger partial charge in [-0.05, 0) is 74.6 Å². The predicted octanol–water partition coefficient (Wildman–Crippen LogP) is 4.17. The molecule has 1 nitrogen and oxygen atoms in total. The Labute approximate surface area is 113 Å². The third kappa shape index (κ3) is 4.81. The SMILES string of the molecule is Cc1cc(CCC[C@H](C)N)cc(CC(C)C)c1C. The third-order valence-corrected chi connectivity index (χ3v) is 3.59. The van der Waals surface area contributed by atoms with Gasteiger partial charge in [0.05, 0.1) is 0 Å². The molecule has 0 radical (unpaired) electrons. The van der Waals surface area contributed by atoms with Crippen molar-refractivity contribution in [1.82, 2.24) is 0 Å². The largest absolute Gasteiger partial charge is 0.328 e. The minimum absolute atomic E-state index is 0.326. The second kappa shape index (κ2) is 6.94. The molecule has 0 amide bonds. The van der Waals surface area contributed by atoms with E-state index < -0.39 is 0 Å². The zero-order valence-corrected chi connectivity index (χ0v) is 12.7. The van der Waals surface area contributed by atoms with E-state index in [2.05, 4.69) is 46.8 Å². The maximum absolute atomic E-state index is 5.81. The van der Waals surface area contributed by atoms with Crippen LogP contribution in [0.2, 0.25) is 0 Å². The normalized spacial score (nSPS) is 13.1. The molecule has 0 aromatic heterocycles. The maximum atomic E-state index is 5.81. The lowest BCUT2D eigenvalue weighted by Gasteiger charge is -2.14. The van der Waals surface area contributed by atoms with Gasteiger partial charge in [-0.25, -0.2) is 0 Å². The van der Waals surface area contributed by atoms with Gasteiger partial charge >= 0.3 is 0 Å². The molecule has 0 spiro atoms. The van der Waals surface area contributed by atoms with Crippen LogP contribution in [-0.2, 0) is 12.8 Å². The van der Waals surface area contributed by atoms with Crippen molar-refractivity contribution in [2.75, 3.05) is 0 Å². The predicted molar refractivity (Wildman–Crippen MR) is 81.0 cm³/mol. The lowest BCUT2D eigenvalue weighted by molar-refractivity contribution is 0.622. The highest BCUT2D eigenvalue weighted by atomic mass is 14.6. The van der Waals surface area contributed by atoms with Crippen LogP contribution < -0.4 is 5.73 Å². The van der Waals surface area contributed by atoms with Gasteiger partial charge in [0.1, 0.15) is 0 Å². The molecule has 0 saturated heterocycles. The van der Waals surface area contributed by atoms with Crippen molar-refractivity contribution in [3.8, 4) is 0 Å². The Morgan fingerprint density at radius 1 is 1.11 bits per heavy atom. The van der Waals surface area contributed by atoms with Crippen LogP contribution in [0.15, 0.2) is 12.1 Å². The number of rotatable bonds is 6. The smallest absolute Gasteiger partial charge is 0.00105 e. The van der Waals surface area contributed by atoms with Crippen molar-refractivity contribution >= 4 is 0 Å². The van der Waals surface area contributed by atoms with Crippen LogP contribution in [0.25, 0.3) is 0 Å². The van der Waals surface area contributed by atoms with Crippen molar-refractivity contribution < 1.29 is 0 Å². The Morgan fingerprint density at radius 2 is 1.78 bits per heavy atom. The summed E-state index contributed by atoms with van der Waals surface area (Å²) >= 11 is 0. The molecule has 102 valence electrons. The average molecular weight is 247 g/mol. The van der Waals surface area contributed by atoms with Gasteiger partial charge in [0.25, 0.3) is 0 Å². The summed E-state index contributed by atoms with van der Waals surface area (Å²) in [5, 5.41) is 0. The van der Waals surface area contributed by atoms with Gasteiger partial charge < -0.3 is 5.73 Å². The highest BCUT2D eigenvalue weighted by Crippen LogP contribution is 2.20. The molecule has 1 aromatic rings. The molecule has 1 atom stereocenters. The molecule has 0 heterocycles. The fourth-order valence-electron chi connectivity index (χ4n) is 2.44. The van der Waals surface area contributed by atoms with Gasteiger partial charge in [0.2, 0.25) is 0 Å². The number of hydrogen-bond donors (Lipinski definition) is 1. The van der Waals surface area contributed by atoms with Crippen LogP contribution in [0.3, 0.4) is 0 Å². The minimum atomic E-state index is 0.326. The first-order chi connectivity index (χ1) is 8.40. The van der Waals surface area contributed by atoms with E-state index >= 15 is 0 Å². The lowest BCUT2D eigenvalue weighted by Crippen LogP contribution is -2.14. The first-order valence-corrected chi connectivity index (χ1v) is 7.24. The Bertz CT molecular complexity index is 377. The molecule has 18 heavy (non-hydrogen) atoms.